The lowest BCUT2D eigenvalue weighted by molar-refractivity contribution is 0.408. The maximum absolute atomic E-state index is 10.6. The van der Waals surface area contributed by atoms with Gasteiger partial charge in [0.2, 0.25) is 20.0 Å². The molecule has 0 aliphatic rings. The Kier molecular flexibility index (Phi) is 7.79. The third-order valence-electron chi connectivity index (χ3n) is 1.50. The van der Waals surface area contributed by atoms with Gasteiger partial charge in [-0.3, -0.25) is 0 Å². The van der Waals surface area contributed by atoms with E-state index in [4.69, 9.17) is 5.14 Å². The van der Waals surface area contributed by atoms with Gasteiger partial charge < -0.3 is 0 Å². The summed E-state index contributed by atoms with van der Waals surface area (Å²) < 4.78 is 44.4. The molecule has 0 saturated carbocycles. The maximum atomic E-state index is 10.6. The van der Waals surface area contributed by atoms with Gasteiger partial charge in [-0.1, -0.05) is 41.5 Å². The van der Waals surface area contributed by atoms with E-state index in [9.17, 15) is 16.8 Å². The third-order valence-corrected chi connectivity index (χ3v) is 3.44. The summed E-state index contributed by atoms with van der Waals surface area (Å²) in [5.41, 5.74) is -0.212. The van der Waals surface area contributed by atoms with Crippen molar-refractivity contribution in [3.63, 3.8) is 0 Å². The van der Waals surface area contributed by atoms with E-state index in [2.05, 4.69) is 4.72 Å². The molecular weight excluding hydrogens is 288 g/mol. The molecule has 0 amide bonds. The van der Waals surface area contributed by atoms with Crippen LogP contribution in [0.2, 0.25) is 0 Å². The first-order chi connectivity index (χ1) is 7.91. The zero-order valence-electron chi connectivity index (χ0n) is 12.9. The SMILES string of the molecule is CC(C)(C)CNS(C)(=O)=O.CC(C)(C)CS(N)(=O)=O. The van der Waals surface area contributed by atoms with Gasteiger partial charge in [-0.25, -0.2) is 26.7 Å². The number of sulfonamides is 2. The Morgan fingerprint density at radius 1 is 0.895 bits per heavy atom. The molecule has 8 heteroatoms. The van der Waals surface area contributed by atoms with Crippen molar-refractivity contribution in [1.82, 2.24) is 4.72 Å². The van der Waals surface area contributed by atoms with E-state index in [0.717, 1.165) is 0 Å². The van der Waals surface area contributed by atoms with Crippen LogP contribution in [-0.4, -0.2) is 35.4 Å². The number of hydrogen-bond acceptors (Lipinski definition) is 4. The molecule has 118 valence electrons. The average Bonchev–Trinajstić information content (AvgIpc) is 1.91. The van der Waals surface area contributed by atoms with Crippen molar-refractivity contribution in [3.8, 4) is 0 Å². The second kappa shape index (κ2) is 7.01. The summed E-state index contributed by atoms with van der Waals surface area (Å²) in [6, 6.07) is 0. The molecule has 0 aromatic carbocycles. The van der Waals surface area contributed by atoms with Crippen LogP contribution in [0.1, 0.15) is 41.5 Å². The minimum Gasteiger partial charge on any atom is -0.229 e. The van der Waals surface area contributed by atoms with Gasteiger partial charge in [-0.2, -0.15) is 0 Å². The molecule has 0 aromatic rings. The molecule has 6 nitrogen and oxygen atoms in total. The van der Waals surface area contributed by atoms with E-state index in [-0.39, 0.29) is 16.6 Å². The lowest BCUT2D eigenvalue weighted by Gasteiger charge is -2.17. The van der Waals surface area contributed by atoms with Crippen molar-refractivity contribution in [1.29, 1.82) is 0 Å². The van der Waals surface area contributed by atoms with Gasteiger partial charge in [0.05, 0.1) is 12.0 Å². The second-order valence-corrected chi connectivity index (χ2v) is 10.5. The van der Waals surface area contributed by atoms with Crippen LogP contribution in [0, 0.1) is 10.8 Å². The van der Waals surface area contributed by atoms with Gasteiger partial charge in [0, 0.05) is 6.54 Å². The van der Waals surface area contributed by atoms with Crippen molar-refractivity contribution < 1.29 is 16.8 Å². The van der Waals surface area contributed by atoms with E-state index in [1.807, 2.05) is 41.5 Å². The van der Waals surface area contributed by atoms with Crippen LogP contribution in [0.5, 0.6) is 0 Å². The van der Waals surface area contributed by atoms with E-state index < -0.39 is 20.0 Å². The van der Waals surface area contributed by atoms with Crippen molar-refractivity contribution in [3.05, 3.63) is 0 Å². The van der Waals surface area contributed by atoms with Crippen molar-refractivity contribution in [2.24, 2.45) is 16.0 Å². The molecule has 19 heavy (non-hydrogen) atoms. The fourth-order valence-electron chi connectivity index (χ4n) is 0.951. The number of hydrogen-bond donors (Lipinski definition) is 2. The van der Waals surface area contributed by atoms with E-state index in [1.165, 1.54) is 6.26 Å². The van der Waals surface area contributed by atoms with Crippen LogP contribution in [0.15, 0.2) is 0 Å². The van der Waals surface area contributed by atoms with Crippen LogP contribution in [-0.2, 0) is 20.0 Å². The standard InChI is InChI=1S/C6H15NO2S.C5H13NO2S/c1-6(2,3)5-7-10(4,8)9;1-5(2,3)4-9(6,7)8/h7H,5H2,1-4H3;4H2,1-3H3,(H2,6,7,8). The number of nitrogens with one attached hydrogen (secondary N) is 1. The lowest BCUT2D eigenvalue weighted by atomic mass is 9.98. The topological polar surface area (TPSA) is 106 Å². The summed E-state index contributed by atoms with van der Waals surface area (Å²) in [7, 11) is -6.29. The molecule has 0 aliphatic carbocycles. The van der Waals surface area contributed by atoms with E-state index in [0.29, 0.717) is 6.54 Å². The molecule has 3 N–H and O–H groups in total. The smallest absolute Gasteiger partial charge is 0.209 e. The highest BCUT2D eigenvalue weighted by molar-refractivity contribution is 7.89. The molecule has 0 saturated heterocycles. The van der Waals surface area contributed by atoms with Crippen LogP contribution in [0.3, 0.4) is 0 Å². The molecular formula is C11H28N2O4S2. The molecule has 0 radical (unpaired) electrons. The van der Waals surface area contributed by atoms with Gasteiger partial charge >= 0.3 is 0 Å². The average molecular weight is 316 g/mol. The summed E-state index contributed by atoms with van der Waals surface area (Å²) in [4.78, 5) is 0. The first-order valence-electron chi connectivity index (χ1n) is 5.86. The molecule has 0 aliphatic heterocycles. The van der Waals surface area contributed by atoms with Crippen molar-refractivity contribution in [2.45, 2.75) is 41.5 Å². The Bertz CT molecular complexity index is 454. The van der Waals surface area contributed by atoms with Crippen LogP contribution in [0.4, 0.5) is 0 Å². The highest BCUT2D eigenvalue weighted by Gasteiger charge is 2.17. The molecule has 0 spiro atoms. The maximum Gasteiger partial charge on any atom is 0.209 e. The van der Waals surface area contributed by atoms with Crippen LogP contribution in [0.25, 0.3) is 0 Å². The molecule has 0 atom stereocenters. The molecule has 0 fully saturated rings. The third kappa shape index (κ3) is 27.1. The highest BCUT2D eigenvalue weighted by Crippen LogP contribution is 2.13. The van der Waals surface area contributed by atoms with Crippen LogP contribution >= 0.6 is 0 Å². The summed E-state index contributed by atoms with van der Waals surface area (Å²) >= 11 is 0. The zero-order valence-corrected chi connectivity index (χ0v) is 14.6. The predicted octanol–water partition coefficient (Wildman–Crippen LogP) is 0.903. The second-order valence-electron chi connectivity index (χ2n) is 7.02. The van der Waals surface area contributed by atoms with Crippen LogP contribution < -0.4 is 9.86 Å². The molecule has 0 heterocycles. The monoisotopic (exact) mass is 316 g/mol. The fraction of sp³-hybridized carbons (Fsp3) is 1.00. The lowest BCUT2D eigenvalue weighted by Crippen LogP contribution is -2.31. The Hall–Kier alpha value is -0.180. The normalized spacial score (nSPS) is 13.7. The number of primary sulfonamides is 1. The van der Waals surface area contributed by atoms with E-state index in [1.54, 1.807) is 0 Å². The summed E-state index contributed by atoms with van der Waals surface area (Å²) in [5.74, 6) is 0.0417. The first-order valence-corrected chi connectivity index (χ1v) is 9.47. The Morgan fingerprint density at radius 2 is 1.26 bits per heavy atom. The highest BCUT2D eigenvalue weighted by atomic mass is 32.2. The largest absolute Gasteiger partial charge is 0.229 e. The molecule has 0 aromatic heterocycles. The van der Waals surface area contributed by atoms with Crippen molar-refractivity contribution >= 4 is 20.0 Å². The molecule has 0 unspecified atom stereocenters. The summed E-state index contributed by atoms with van der Waals surface area (Å²) in [6.07, 6.45) is 1.17. The summed E-state index contributed by atoms with van der Waals surface area (Å²) in [5, 5.41) is 4.79. The van der Waals surface area contributed by atoms with Crippen molar-refractivity contribution in [2.75, 3.05) is 18.6 Å². The quantitative estimate of drug-likeness (QED) is 0.806. The Labute approximate surface area is 118 Å². The predicted molar refractivity (Wildman–Crippen MR) is 79.7 cm³/mol. The fourth-order valence-corrected chi connectivity index (χ4v) is 2.85. The number of nitrogens with two attached hydrogens (primary N) is 1. The first kappa shape index (κ1) is 21.1. The Balaban J connectivity index is 0. The molecule has 0 bridgehead atoms. The van der Waals surface area contributed by atoms with Gasteiger partial charge in [0.15, 0.2) is 0 Å². The minimum absolute atomic E-state index is 0.0169. The molecule has 0 rings (SSSR count). The Morgan fingerprint density at radius 3 is 1.32 bits per heavy atom. The van der Waals surface area contributed by atoms with Gasteiger partial charge in [-0.05, 0) is 10.8 Å². The summed E-state index contributed by atoms with van der Waals surface area (Å²) in [6.45, 7) is 11.9. The van der Waals surface area contributed by atoms with Gasteiger partial charge in [0.25, 0.3) is 0 Å². The van der Waals surface area contributed by atoms with Gasteiger partial charge in [0.1, 0.15) is 0 Å². The van der Waals surface area contributed by atoms with Gasteiger partial charge in [-0.15, -0.1) is 0 Å². The number of rotatable bonds is 3. The zero-order chi connectivity index (χ0) is 16.1. The minimum atomic E-state index is -3.28. The van der Waals surface area contributed by atoms with E-state index >= 15 is 0 Å².